The van der Waals surface area contributed by atoms with Gasteiger partial charge < -0.3 is 5.32 Å². The maximum atomic E-state index is 12.5. The fraction of sp³-hybridized carbons (Fsp3) is 0.222. The number of carbonyl (C=O) groups excluding carboxylic acids is 1. The number of alkyl halides is 4. The van der Waals surface area contributed by atoms with Crippen LogP contribution in [0.2, 0.25) is 5.02 Å². The van der Waals surface area contributed by atoms with Crippen molar-refractivity contribution in [2.75, 3.05) is 11.2 Å². The molecule has 0 saturated heterocycles. The van der Waals surface area contributed by atoms with Gasteiger partial charge in [0.25, 0.3) is 0 Å². The van der Waals surface area contributed by atoms with E-state index in [0.717, 1.165) is 12.1 Å². The van der Waals surface area contributed by atoms with Crippen LogP contribution in [-0.2, 0) is 11.0 Å². The number of anilines is 1. The Morgan fingerprint density at radius 1 is 1.38 bits per heavy atom. The molecule has 1 aromatic rings. The van der Waals surface area contributed by atoms with E-state index in [4.69, 9.17) is 23.2 Å². The first kappa shape index (κ1) is 13.1. The molecule has 0 saturated carbocycles. The first-order valence-corrected chi connectivity index (χ1v) is 4.98. The summed E-state index contributed by atoms with van der Waals surface area (Å²) in [5.41, 5.74) is -1.36. The highest BCUT2D eigenvalue weighted by Crippen LogP contribution is 2.36. The van der Waals surface area contributed by atoms with Gasteiger partial charge in [0.1, 0.15) is 5.88 Å². The van der Waals surface area contributed by atoms with Gasteiger partial charge in [0.15, 0.2) is 0 Å². The summed E-state index contributed by atoms with van der Waals surface area (Å²) < 4.78 is 37.6. The van der Waals surface area contributed by atoms with Crippen molar-refractivity contribution in [1.82, 2.24) is 0 Å². The van der Waals surface area contributed by atoms with Crippen molar-refractivity contribution in [3.63, 3.8) is 0 Å². The first-order valence-electron chi connectivity index (χ1n) is 4.07. The van der Waals surface area contributed by atoms with Crippen LogP contribution in [0.1, 0.15) is 5.56 Å². The molecular formula is C9H6Cl2F3NO. The Morgan fingerprint density at radius 3 is 2.50 bits per heavy atom. The first-order chi connectivity index (χ1) is 7.34. The summed E-state index contributed by atoms with van der Waals surface area (Å²) >= 11 is 10.6. The monoisotopic (exact) mass is 271 g/mol. The number of benzene rings is 1. The van der Waals surface area contributed by atoms with Crippen molar-refractivity contribution < 1.29 is 18.0 Å². The van der Waals surface area contributed by atoms with Gasteiger partial charge in [-0.3, -0.25) is 4.79 Å². The van der Waals surface area contributed by atoms with Crippen molar-refractivity contribution in [2.24, 2.45) is 0 Å². The standard InChI is InChI=1S/C9H6Cl2F3NO/c10-4-8(16)15-7-2-1-5(11)3-6(7)9(12,13)14/h1-3H,4H2,(H,15,16). The van der Waals surface area contributed by atoms with E-state index in [9.17, 15) is 18.0 Å². The number of rotatable bonds is 2. The van der Waals surface area contributed by atoms with E-state index in [1.54, 1.807) is 0 Å². The maximum absolute atomic E-state index is 12.5. The molecule has 0 aliphatic heterocycles. The SMILES string of the molecule is O=C(CCl)Nc1ccc(Cl)cc1C(F)(F)F. The molecule has 0 aliphatic carbocycles. The smallest absolute Gasteiger partial charge is 0.324 e. The summed E-state index contributed by atoms with van der Waals surface area (Å²) in [6.45, 7) is 0. The van der Waals surface area contributed by atoms with Crippen molar-refractivity contribution in [3.8, 4) is 0 Å². The average Bonchev–Trinajstić information content (AvgIpc) is 2.19. The van der Waals surface area contributed by atoms with Gasteiger partial charge in [0, 0.05) is 5.02 Å². The molecule has 0 fully saturated rings. The Balaban J connectivity index is 3.13. The van der Waals surface area contributed by atoms with Crippen molar-refractivity contribution in [1.29, 1.82) is 0 Å². The third-order valence-corrected chi connectivity index (χ3v) is 2.16. The summed E-state index contributed by atoms with van der Waals surface area (Å²) in [5.74, 6) is -1.13. The second-order valence-corrected chi connectivity index (χ2v) is 3.57. The van der Waals surface area contributed by atoms with Crippen LogP contribution in [-0.4, -0.2) is 11.8 Å². The van der Waals surface area contributed by atoms with Crippen LogP contribution >= 0.6 is 23.2 Å². The Labute approximate surface area is 99.3 Å². The molecule has 88 valence electrons. The van der Waals surface area contributed by atoms with Crippen molar-refractivity contribution >= 4 is 34.8 Å². The number of nitrogens with one attached hydrogen (secondary N) is 1. The van der Waals surface area contributed by atoms with Crippen molar-refractivity contribution in [2.45, 2.75) is 6.18 Å². The highest BCUT2D eigenvalue weighted by molar-refractivity contribution is 6.31. The second kappa shape index (κ2) is 4.93. The largest absolute Gasteiger partial charge is 0.418 e. The molecule has 7 heteroatoms. The topological polar surface area (TPSA) is 29.1 Å². The summed E-state index contributed by atoms with van der Waals surface area (Å²) in [7, 11) is 0. The molecule has 1 amide bonds. The predicted octanol–water partition coefficient (Wildman–Crippen LogP) is 3.54. The zero-order chi connectivity index (χ0) is 12.3. The van der Waals surface area contributed by atoms with E-state index in [-0.39, 0.29) is 10.7 Å². The lowest BCUT2D eigenvalue weighted by molar-refractivity contribution is -0.137. The fourth-order valence-corrected chi connectivity index (χ4v) is 1.28. The third kappa shape index (κ3) is 3.28. The molecule has 0 radical (unpaired) electrons. The van der Waals surface area contributed by atoms with Gasteiger partial charge in [-0.15, -0.1) is 11.6 Å². The highest BCUT2D eigenvalue weighted by Gasteiger charge is 2.34. The van der Waals surface area contributed by atoms with Gasteiger partial charge in [0.2, 0.25) is 5.91 Å². The predicted molar refractivity (Wildman–Crippen MR) is 55.8 cm³/mol. The molecule has 0 aromatic heterocycles. The van der Waals surface area contributed by atoms with E-state index in [2.05, 4.69) is 0 Å². The minimum absolute atomic E-state index is 0.0591. The lowest BCUT2D eigenvalue weighted by Crippen LogP contribution is -2.17. The van der Waals surface area contributed by atoms with Gasteiger partial charge in [-0.2, -0.15) is 13.2 Å². The molecule has 0 unspecified atom stereocenters. The van der Waals surface area contributed by atoms with E-state index >= 15 is 0 Å². The van der Waals surface area contributed by atoms with Crippen LogP contribution in [0.3, 0.4) is 0 Å². The molecule has 16 heavy (non-hydrogen) atoms. The number of hydrogen-bond acceptors (Lipinski definition) is 1. The van der Waals surface area contributed by atoms with Crippen LogP contribution in [0.25, 0.3) is 0 Å². The van der Waals surface area contributed by atoms with Gasteiger partial charge in [-0.1, -0.05) is 11.6 Å². The number of carbonyl (C=O) groups is 1. The fourth-order valence-electron chi connectivity index (χ4n) is 1.04. The van der Waals surface area contributed by atoms with Crippen LogP contribution in [0.4, 0.5) is 18.9 Å². The van der Waals surface area contributed by atoms with Crippen LogP contribution in [0, 0.1) is 0 Å². The Hall–Kier alpha value is -0.940. The second-order valence-electron chi connectivity index (χ2n) is 2.87. The molecule has 0 aliphatic rings. The molecule has 1 N–H and O–H groups in total. The van der Waals surface area contributed by atoms with E-state index in [1.807, 2.05) is 5.32 Å². The van der Waals surface area contributed by atoms with Gasteiger partial charge in [-0.25, -0.2) is 0 Å². The zero-order valence-corrected chi connectivity index (χ0v) is 9.25. The Bertz CT molecular complexity index is 406. The lowest BCUT2D eigenvalue weighted by Gasteiger charge is -2.13. The summed E-state index contributed by atoms with van der Waals surface area (Å²) in [6, 6.07) is 3.07. The highest BCUT2D eigenvalue weighted by atomic mass is 35.5. The van der Waals surface area contributed by atoms with E-state index in [0.29, 0.717) is 0 Å². The van der Waals surface area contributed by atoms with Gasteiger partial charge in [-0.05, 0) is 18.2 Å². The molecule has 0 heterocycles. The minimum Gasteiger partial charge on any atom is -0.324 e. The minimum atomic E-state index is -4.58. The average molecular weight is 272 g/mol. The van der Waals surface area contributed by atoms with E-state index in [1.165, 1.54) is 6.07 Å². The molecule has 1 rings (SSSR count). The molecule has 2 nitrogen and oxygen atoms in total. The lowest BCUT2D eigenvalue weighted by atomic mass is 10.1. The van der Waals surface area contributed by atoms with Crippen LogP contribution in [0.5, 0.6) is 0 Å². The quantitative estimate of drug-likeness (QED) is 0.820. The summed E-state index contributed by atoms with van der Waals surface area (Å²) in [4.78, 5) is 10.9. The van der Waals surface area contributed by atoms with Gasteiger partial charge in [0.05, 0.1) is 11.3 Å². The normalized spacial score (nSPS) is 11.3. The molecule has 1 aromatic carbocycles. The van der Waals surface area contributed by atoms with E-state index < -0.39 is 23.5 Å². The zero-order valence-electron chi connectivity index (χ0n) is 7.74. The Kier molecular flexibility index (Phi) is 4.04. The Morgan fingerprint density at radius 2 is 2.00 bits per heavy atom. The number of amides is 1. The number of halogens is 5. The molecule has 0 spiro atoms. The van der Waals surface area contributed by atoms with Crippen LogP contribution in [0.15, 0.2) is 18.2 Å². The summed E-state index contributed by atoms with van der Waals surface area (Å²) in [6.07, 6.45) is -4.58. The van der Waals surface area contributed by atoms with Crippen molar-refractivity contribution in [3.05, 3.63) is 28.8 Å². The van der Waals surface area contributed by atoms with Crippen LogP contribution < -0.4 is 5.32 Å². The third-order valence-electron chi connectivity index (χ3n) is 1.68. The molecule has 0 atom stereocenters. The number of hydrogen-bond donors (Lipinski definition) is 1. The maximum Gasteiger partial charge on any atom is 0.418 e. The summed E-state index contributed by atoms with van der Waals surface area (Å²) in [5, 5.41) is 1.99. The van der Waals surface area contributed by atoms with Gasteiger partial charge >= 0.3 is 6.18 Å². The molecular weight excluding hydrogens is 266 g/mol. The molecule has 0 bridgehead atoms.